The predicted octanol–water partition coefficient (Wildman–Crippen LogP) is 14.6. The van der Waals surface area contributed by atoms with Gasteiger partial charge in [-0.25, -0.2) is 0 Å². The molecule has 0 fully saturated rings. The molecule has 9 aromatic carbocycles. The van der Waals surface area contributed by atoms with Crippen molar-refractivity contribution in [2.45, 2.75) is 0 Å². The zero-order chi connectivity index (χ0) is 33.5. The van der Waals surface area contributed by atoms with Crippen LogP contribution in [0.4, 0.5) is 17.1 Å². The van der Waals surface area contributed by atoms with Crippen molar-refractivity contribution < 1.29 is 4.42 Å². The molecule has 11 aromatic rings. The molecule has 0 amide bonds. The van der Waals surface area contributed by atoms with Crippen LogP contribution >= 0.6 is 11.3 Å². The average Bonchev–Trinajstić information content (AvgIpc) is 3.77. The van der Waals surface area contributed by atoms with Gasteiger partial charge in [0.15, 0.2) is 0 Å². The number of hydrogen-bond donors (Lipinski definition) is 0. The monoisotopic (exact) mass is 667 g/mol. The number of fused-ring (bicyclic) bond motifs is 11. The Kier molecular flexibility index (Phi) is 6.16. The summed E-state index contributed by atoms with van der Waals surface area (Å²) >= 11 is 1.84. The molecule has 0 aliphatic carbocycles. The van der Waals surface area contributed by atoms with E-state index in [1.54, 1.807) is 0 Å². The van der Waals surface area contributed by atoms with E-state index in [1.165, 1.54) is 58.2 Å². The van der Waals surface area contributed by atoms with Crippen molar-refractivity contribution in [3.05, 3.63) is 176 Å². The number of thiophene rings is 1. The molecule has 0 atom stereocenters. The summed E-state index contributed by atoms with van der Waals surface area (Å²) < 4.78 is 9.30. The molecule has 0 aliphatic heterocycles. The number of hydrogen-bond acceptors (Lipinski definition) is 3. The van der Waals surface area contributed by atoms with Gasteiger partial charge in [-0.3, -0.25) is 0 Å². The fourth-order valence-electron chi connectivity index (χ4n) is 8.08. The fraction of sp³-hybridized carbons (Fsp3) is 0. The van der Waals surface area contributed by atoms with Crippen LogP contribution in [0.5, 0.6) is 0 Å². The predicted molar refractivity (Wildman–Crippen MR) is 219 cm³/mol. The molecule has 51 heavy (non-hydrogen) atoms. The maximum absolute atomic E-state index is 6.85. The Morgan fingerprint density at radius 1 is 0.392 bits per heavy atom. The fourth-order valence-corrected chi connectivity index (χ4v) is 9.29. The molecule has 0 bridgehead atoms. The van der Waals surface area contributed by atoms with Gasteiger partial charge >= 0.3 is 0 Å². The standard InChI is InChI=1S/C48H29NOS/c1-4-15-35-30(10-1)13-7-18-36(35)33-22-25-34(26-23-33)49(42-20-8-14-31-11-2-5-16-37(31)42)43-21-9-19-41-45-44(51-48(41)43)29-28-40-39-27-24-32-12-3-6-17-38(32)46(39)50-47(40)45/h1-29H. The number of anilines is 3. The first-order valence-electron chi connectivity index (χ1n) is 17.3. The Balaban J connectivity index is 1.16. The van der Waals surface area contributed by atoms with E-state index in [9.17, 15) is 0 Å². The van der Waals surface area contributed by atoms with E-state index in [0.29, 0.717) is 0 Å². The van der Waals surface area contributed by atoms with Crippen LogP contribution < -0.4 is 4.90 Å². The third kappa shape index (κ3) is 4.29. The Bertz CT molecular complexity index is 3140. The second-order valence-corrected chi connectivity index (χ2v) is 14.3. The van der Waals surface area contributed by atoms with Gasteiger partial charge in [0, 0.05) is 42.7 Å². The van der Waals surface area contributed by atoms with Gasteiger partial charge in [0.2, 0.25) is 0 Å². The third-order valence-electron chi connectivity index (χ3n) is 10.4. The SMILES string of the molecule is c1ccc2c(-c3ccc(N(c4cccc5ccccc45)c4cccc5c4sc4ccc6c7ccc8ccccc8c7oc6c45)cc3)cccc2c1. The largest absolute Gasteiger partial charge is 0.455 e. The summed E-state index contributed by atoms with van der Waals surface area (Å²) in [7, 11) is 0. The molecule has 0 N–H and O–H groups in total. The quantitative estimate of drug-likeness (QED) is 0.186. The lowest BCUT2D eigenvalue weighted by Gasteiger charge is -2.27. The van der Waals surface area contributed by atoms with Gasteiger partial charge in [-0.1, -0.05) is 133 Å². The molecule has 0 unspecified atom stereocenters. The van der Waals surface area contributed by atoms with Gasteiger partial charge in [0.05, 0.1) is 16.1 Å². The van der Waals surface area contributed by atoms with Crippen molar-refractivity contribution in [1.82, 2.24) is 0 Å². The van der Waals surface area contributed by atoms with E-state index in [-0.39, 0.29) is 0 Å². The Labute approximate surface area is 298 Å². The highest BCUT2D eigenvalue weighted by Gasteiger charge is 2.22. The topological polar surface area (TPSA) is 16.4 Å². The number of rotatable bonds is 4. The van der Waals surface area contributed by atoms with Gasteiger partial charge in [-0.05, 0) is 75.1 Å². The van der Waals surface area contributed by atoms with E-state index < -0.39 is 0 Å². The molecule has 11 rings (SSSR count). The Morgan fingerprint density at radius 2 is 0.980 bits per heavy atom. The summed E-state index contributed by atoms with van der Waals surface area (Å²) in [4.78, 5) is 2.44. The van der Waals surface area contributed by atoms with E-state index in [0.717, 1.165) is 44.4 Å². The number of furan rings is 1. The highest BCUT2D eigenvalue weighted by atomic mass is 32.1. The number of benzene rings is 9. The van der Waals surface area contributed by atoms with Gasteiger partial charge < -0.3 is 9.32 Å². The highest BCUT2D eigenvalue weighted by Crippen LogP contribution is 2.49. The first kappa shape index (κ1) is 28.4. The Morgan fingerprint density at radius 3 is 1.80 bits per heavy atom. The minimum Gasteiger partial charge on any atom is -0.455 e. The average molecular weight is 668 g/mol. The smallest absolute Gasteiger partial charge is 0.144 e. The molecule has 0 saturated carbocycles. The van der Waals surface area contributed by atoms with Crippen molar-refractivity contribution in [1.29, 1.82) is 0 Å². The van der Waals surface area contributed by atoms with E-state index in [1.807, 2.05) is 11.3 Å². The Hall–Kier alpha value is -6.42. The summed E-state index contributed by atoms with van der Waals surface area (Å²) in [6.07, 6.45) is 0. The van der Waals surface area contributed by atoms with Crippen molar-refractivity contribution in [3.63, 3.8) is 0 Å². The van der Waals surface area contributed by atoms with Crippen molar-refractivity contribution in [2.75, 3.05) is 4.90 Å². The molecule has 0 spiro atoms. The van der Waals surface area contributed by atoms with Crippen LogP contribution in [0.3, 0.4) is 0 Å². The van der Waals surface area contributed by atoms with Gasteiger partial charge in [-0.2, -0.15) is 0 Å². The maximum Gasteiger partial charge on any atom is 0.144 e. The van der Waals surface area contributed by atoms with Crippen LogP contribution in [0, 0.1) is 0 Å². The van der Waals surface area contributed by atoms with Crippen LogP contribution in [0.1, 0.15) is 0 Å². The van der Waals surface area contributed by atoms with Crippen molar-refractivity contribution in [2.24, 2.45) is 0 Å². The lowest BCUT2D eigenvalue weighted by atomic mass is 9.98. The van der Waals surface area contributed by atoms with Gasteiger partial charge in [0.1, 0.15) is 11.2 Å². The molecule has 3 heteroatoms. The molecule has 2 nitrogen and oxygen atoms in total. The first-order chi connectivity index (χ1) is 25.3. The molecule has 2 heterocycles. The van der Waals surface area contributed by atoms with Gasteiger partial charge in [-0.15, -0.1) is 11.3 Å². The van der Waals surface area contributed by atoms with E-state index >= 15 is 0 Å². The van der Waals surface area contributed by atoms with Crippen LogP contribution in [-0.4, -0.2) is 0 Å². The molecular weight excluding hydrogens is 639 g/mol. The first-order valence-corrected chi connectivity index (χ1v) is 18.2. The van der Waals surface area contributed by atoms with Crippen LogP contribution in [-0.2, 0) is 0 Å². The molecule has 2 aromatic heterocycles. The van der Waals surface area contributed by atoms with Crippen LogP contribution in [0.2, 0.25) is 0 Å². The summed E-state index contributed by atoms with van der Waals surface area (Å²) in [5.41, 5.74) is 7.77. The molecule has 238 valence electrons. The molecular formula is C48H29NOS. The van der Waals surface area contributed by atoms with Crippen LogP contribution in [0.15, 0.2) is 180 Å². The minimum atomic E-state index is 0.953. The second-order valence-electron chi connectivity index (χ2n) is 13.2. The van der Waals surface area contributed by atoms with Crippen molar-refractivity contribution >= 4 is 103 Å². The maximum atomic E-state index is 6.85. The zero-order valence-corrected chi connectivity index (χ0v) is 28.3. The van der Waals surface area contributed by atoms with E-state index in [2.05, 4.69) is 181 Å². The second kappa shape index (κ2) is 11.0. The minimum absolute atomic E-state index is 0.953. The molecule has 0 saturated heterocycles. The summed E-state index contributed by atoms with van der Waals surface area (Å²) in [6.45, 7) is 0. The summed E-state index contributed by atoms with van der Waals surface area (Å²) in [5, 5.41) is 12.0. The number of nitrogens with zero attached hydrogens (tertiary/aromatic N) is 1. The summed E-state index contributed by atoms with van der Waals surface area (Å²) in [6, 6.07) is 63.7. The van der Waals surface area contributed by atoms with Gasteiger partial charge in [0.25, 0.3) is 0 Å². The van der Waals surface area contributed by atoms with Crippen molar-refractivity contribution in [3.8, 4) is 11.1 Å². The van der Waals surface area contributed by atoms with E-state index in [4.69, 9.17) is 4.42 Å². The molecule has 0 aliphatic rings. The normalized spacial score (nSPS) is 11.9. The molecule has 0 radical (unpaired) electrons. The zero-order valence-electron chi connectivity index (χ0n) is 27.5. The summed E-state index contributed by atoms with van der Waals surface area (Å²) in [5.74, 6) is 0. The lowest BCUT2D eigenvalue weighted by molar-refractivity contribution is 0.677. The lowest BCUT2D eigenvalue weighted by Crippen LogP contribution is -2.10. The highest BCUT2D eigenvalue weighted by molar-refractivity contribution is 7.26. The van der Waals surface area contributed by atoms with Crippen LogP contribution in [0.25, 0.3) is 85.6 Å². The third-order valence-corrected chi connectivity index (χ3v) is 11.6.